The highest BCUT2D eigenvalue weighted by molar-refractivity contribution is 5.89. The van der Waals surface area contributed by atoms with Crippen LogP contribution in [0.15, 0.2) is 48.5 Å². The molecule has 3 rings (SSSR count). The lowest BCUT2D eigenvalue weighted by atomic mass is 9.85. The summed E-state index contributed by atoms with van der Waals surface area (Å²) in [5.74, 6) is -0.291. The van der Waals surface area contributed by atoms with Crippen LogP contribution in [0.3, 0.4) is 0 Å². The molecule has 0 fully saturated rings. The predicted molar refractivity (Wildman–Crippen MR) is 76.4 cm³/mol. The highest BCUT2D eigenvalue weighted by atomic mass is 16.5. The van der Waals surface area contributed by atoms with Crippen molar-refractivity contribution in [1.82, 2.24) is 0 Å². The van der Waals surface area contributed by atoms with Gasteiger partial charge in [-0.05, 0) is 48.6 Å². The first-order valence-electron chi connectivity index (χ1n) is 6.43. The normalized spacial score (nSPS) is 11.5. The van der Waals surface area contributed by atoms with Crippen LogP contribution in [-0.4, -0.2) is 13.1 Å². The van der Waals surface area contributed by atoms with Crippen molar-refractivity contribution < 1.29 is 9.53 Å². The van der Waals surface area contributed by atoms with E-state index in [0.717, 1.165) is 0 Å². The maximum atomic E-state index is 10.8. The molecule has 0 spiro atoms. The highest BCUT2D eigenvalue weighted by Crippen LogP contribution is 2.24. The molecule has 0 heterocycles. The van der Waals surface area contributed by atoms with Crippen LogP contribution in [-0.2, 0) is 17.6 Å². The molecule has 2 aromatic rings. The molecule has 0 atom stereocenters. The van der Waals surface area contributed by atoms with E-state index in [1.54, 1.807) is 35.4 Å². The molecule has 1 aliphatic carbocycles. The largest absolute Gasteiger partial charge is 0.465 e. The Labute approximate surface area is 114 Å². The molecule has 0 saturated heterocycles. The molecule has 0 bridgehead atoms. The number of carbonyl (C=O) groups is 1. The van der Waals surface area contributed by atoms with E-state index in [9.17, 15) is 4.79 Å². The third-order valence-corrected chi connectivity index (χ3v) is 3.35. The van der Waals surface area contributed by atoms with Crippen molar-refractivity contribution in [3.8, 4) is 0 Å². The van der Waals surface area contributed by atoms with Crippen LogP contribution in [0, 0.1) is 6.92 Å². The molecular formula is C17H18O2. The third-order valence-electron chi connectivity index (χ3n) is 3.35. The zero-order chi connectivity index (χ0) is 13.7. The second-order valence-electron chi connectivity index (χ2n) is 4.57. The fraction of sp³-hybridized carbons (Fsp3) is 0.235. The fourth-order valence-corrected chi connectivity index (χ4v) is 2.13. The Kier molecular flexibility index (Phi) is 4.35. The second-order valence-corrected chi connectivity index (χ2v) is 4.57. The summed E-state index contributed by atoms with van der Waals surface area (Å²) in [7, 11) is 1.37. The maximum Gasteiger partial charge on any atom is 0.337 e. The van der Waals surface area contributed by atoms with E-state index in [0.29, 0.717) is 5.56 Å². The molecular weight excluding hydrogens is 236 g/mol. The van der Waals surface area contributed by atoms with Gasteiger partial charge >= 0.3 is 5.97 Å². The second kappa shape index (κ2) is 6.19. The summed E-state index contributed by atoms with van der Waals surface area (Å²) in [5, 5.41) is 0. The summed E-state index contributed by atoms with van der Waals surface area (Å²) in [4.78, 5) is 10.8. The Morgan fingerprint density at radius 2 is 1.74 bits per heavy atom. The summed E-state index contributed by atoms with van der Waals surface area (Å²) in [6, 6.07) is 15.4. The number of esters is 1. The van der Waals surface area contributed by atoms with Crippen molar-refractivity contribution in [1.29, 1.82) is 0 Å². The number of fused-ring (bicyclic) bond motifs is 1. The lowest BCUT2D eigenvalue weighted by molar-refractivity contribution is 0.0601. The third kappa shape index (κ3) is 3.22. The molecule has 1 aliphatic rings. The number of aryl methyl sites for hydroxylation is 2. The van der Waals surface area contributed by atoms with Crippen molar-refractivity contribution in [2.75, 3.05) is 7.11 Å². The minimum absolute atomic E-state index is 0.291. The van der Waals surface area contributed by atoms with Gasteiger partial charge in [0.25, 0.3) is 0 Å². The standard InChI is InChI=1S/C9H10.C8H8O2/c1-7-3-2-4-8-5-6-9(7)8;1-10-8(9)7-5-3-2-4-6-7/h2-4H,5-6H2,1H3;2-6H,1H3. The van der Waals surface area contributed by atoms with Crippen molar-refractivity contribution in [2.45, 2.75) is 19.8 Å². The van der Waals surface area contributed by atoms with E-state index in [1.165, 1.54) is 25.5 Å². The van der Waals surface area contributed by atoms with Crippen LogP contribution >= 0.6 is 0 Å². The molecule has 2 aromatic carbocycles. The number of ether oxygens (including phenoxy) is 1. The quantitative estimate of drug-likeness (QED) is 0.727. The van der Waals surface area contributed by atoms with Crippen molar-refractivity contribution in [2.24, 2.45) is 0 Å². The van der Waals surface area contributed by atoms with Crippen molar-refractivity contribution in [3.05, 3.63) is 70.8 Å². The zero-order valence-corrected chi connectivity index (χ0v) is 11.3. The Balaban J connectivity index is 0.000000141. The van der Waals surface area contributed by atoms with Gasteiger partial charge in [-0.2, -0.15) is 0 Å². The van der Waals surface area contributed by atoms with E-state index >= 15 is 0 Å². The Hall–Kier alpha value is -2.09. The number of rotatable bonds is 1. The number of hydrogen-bond acceptors (Lipinski definition) is 2. The minimum Gasteiger partial charge on any atom is -0.465 e. The monoisotopic (exact) mass is 254 g/mol. The average Bonchev–Trinajstić information content (AvgIpc) is 2.42. The van der Waals surface area contributed by atoms with Gasteiger partial charge in [-0.15, -0.1) is 0 Å². The van der Waals surface area contributed by atoms with E-state index in [-0.39, 0.29) is 5.97 Å². The SMILES string of the molecule is COC(=O)c1ccccc1.Cc1cccc2c1CC2. The number of methoxy groups -OCH3 is 1. The van der Waals surface area contributed by atoms with Crippen molar-refractivity contribution >= 4 is 5.97 Å². The lowest BCUT2D eigenvalue weighted by Gasteiger charge is -2.20. The van der Waals surface area contributed by atoms with Crippen LogP contribution in [0.2, 0.25) is 0 Å². The molecule has 0 aromatic heterocycles. The van der Waals surface area contributed by atoms with Gasteiger partial charge < -0.3 is 4.74 Å². The first kappa shape index (κ1) is 13.3. The van der Waals surface area contributed by atoms with Crippen LogP contribution in [0.5, 0.6) is 0 Å². The fourth-order valence-electron chi connectivity index (χ4n) is 2.13. The first-order chi connectivity index (χ1) is 9.22. The summed E-state index contributed by atoms with van der Waals surface area (Å²) >= 11 is 0. The molecule has 19 heavy (non-hydrogen) atoms. The molecule has 0 unspecified atom stereocenters. The summed E-state index contributed by atoms with van der Waals surface area (Å²) in [6.07, 6.45) is 2.61. The molecule has 98 valence electrons. The van der Waals surface area contributed by atoms with Gasteiger partial charge in [0, 0.05) is 0 Å². The van der Waals surface area contributed by atoms with Gasteiger partial charge in [-0.1, -0.05) is 36.4 Å². The molecule has 0 amide bonds. The van der Waals surface area contributed by atoms with E-state index in [1.807, 2.05) is 6.07 Å². The number of carbonyl (C=O) groups excluding carboxylic acids is 1. The molecule has 0 aliphatic heterocycles. The van der Waals surface area contributed by atoms with Crippen molar-refractivity contribution in [3.63, 3.8) is 0 Å². The van der Waals surface area contributed by atoms with Gasteiger partial charge in [-0.3, -0.25) is 0 Å². The molecule has 0 N–H and O–H groups in total. The average molecular weight is 254 g/mol. The lowest BCUT2D eigenvalue weighted by Crippen LogP contribution is -2.09. The van der Waals surface area contributed by atoms with E-state index in [4.69, 9.17) is 0 Å². The van der Waals surface area contributed by atoms with Gasteiger partial charge in [0.2, 0.25) is 0 Å². The first-order valence-corrected chi connectivity index (χ1v) is 6.43. The topological polar surface area (TPSA) is 26.3 Å². The smallest absolute Gasteiger partial charge is 0.337 e. The van der Waals surface area contributed by atoms with Crippen LogP contribution in [0.1, 0.15) is 27.0 Å². The maximum absolute atomic E-state index is 10.8. The van der Waals surface area contributed by atoms with Gasteiger partial charge in [0.1, 0.15) is 0 Å². The van der Waals surface area contributed by atoms with Gasteiger partial charge in [0.15, 0.2) is 0 Å². The molecule has 2 nitrogen and oxygen atoms in total. The van der Waals surface area contributed by atoms with E-state index < -0.39 is 0 Å². The van der Waals surface area contributed by atoms with Gasteiger partial charge in [-0.25, -0.2) is 4.79 Å². The number of hydrogen-bond donors (Lipinski definition) is 0. The minimum atomic E-state index is -0.291. The Morgan fingerprint density at radius 3 is 2.21 bits per heavy atom. The highest BCUT2D eigenvalue weighted by Gasteiger charge is 2.12. The van der Waals surface area contributed by atoms with Gasteiger partial charge in [0.05, 0.1) is 12.7 Å². The summed E-state index contributed by atoms with van der Waals surface area (Å²) in [5.41, 5.74) is 5.22. The van der Waals surface area contributed by atoms with Crippen LogP contribution in [0.4, 0.5) is 0 Å². The Bertz CT molecular complexity index is 544. The molecule has 0 saturated carbocycles. The summed E-state index contributed by atoms with van der Waals surface area (Å²) < 4.78 is 4.50. The number of benzene rings is 2. The summed E-state index contributed by atoms with van der Waals surface area (Å²) in [6.45, 7) is 2.19. The Morgan fingerprint density at radius 1 is 1.00 bits per heavy atom. The van der Waals surface area contributed by atoms with Crippen LogP contribution < -0.4 is 0 Å². The van der Waals surface area contributed by atoms with E-state index in [2.05, 4.69) is 29.9 Å². The predicted octanol–water partition coefficient (Wildman–Crippen LogP) is 3.57. The van der Waals surface area contributed by atoms with Crippen LogP contribution in [0.25, 0.3) is 0 Å². The molecule has 2 heteroatoms. The zero-order valence-electron chi connectivity index (χ0n) is 11.3. The molecule has 0 radical (unpaired) electrons.